The molecule has 1 aromatic heterocycles. The average molecular weight is 491 g/mol. The molecule has 35 heavy (non-hydrogen) atoms. The van der Waals surface area contributed by atoms with Gasteiger partial charge in [-0.25, -0.2) is 0 Å². The predicted octanol–water partition coefficient (Wildman–Crippen LogP) is 5.77. The van der Waals surface area contributed by atoms with Crippen molar-refractivity contribution in [2.24, 2.45) is 10.8 Å². The van der Waals surface area contributed by atoms with Crippen molar-refractivity contribution in [1.29, 1.82) is 0 Å². The average Bonchev–Trinajstić information content (AvgIpc) is 3.35. The fraction of sp³-hybridized carbons (Fsp3) is 0.464. The van der Waals surface area contributed by atoms with E-state index in [0.717, 1.165) is 42.2 Å². The highest BCUT2D eigenvalue weighted by molar-refractivity contribution is 7.99. The van der Waals surface area contributed by atoms with E-state index in [-0.39, 0.29) is 16.7 Å². The lowest BCUT2D eigenvalue weighted by Gasteiger charge is -2.39. The number of carbonyl (C=O) groups is 1. The number of rotatable bonds is 6. The molecular formula is C28H34N4O2S. The number of fused-ring (bicyclic) bond motifs is 2. The first-order valence-electron chi connectivity index (χ1n) is 12.3. The third-order valence-corrected chi connectivity index (χ3v) is 8.25. The lowest BCUT2D eigenvalue weighted by molar-refractivity contribution is -0.129. The molecule has 1 amide bonds. The second-order valence-corrected chi connectivity index (χ2v) is 12.2. The molecular weight excluding hydrogens is 456 g/mol. The van der Waals surface area contributed by atoms with Gasteiger partial charge in [-0.15, -0.1) is 10.2 Å². The summed E-state index contributed by atoms with van der Waals surface area (Å²) in [6.45, 7) is 9.95. The van der Waals surface area contributed by atoms with Crippen LogP contribution in [0.1, 0.15) is 45.6 Å². The van der Waals surface area contributed by atoms with Crippen LogP contribution in [0.5, 0.6) is 5.75 Å². The zero-order valence-electron chi connectivity index (χ0n) is 21.2. The van der Waals surface area contributed by atoms with Crippen LogP contribution in [0.4, 0.5) is 0 Å². The fourth-order valence-electron chi connectivity index (χ4n) is 6.18. The van der Waals surface area contributed by atoms with Crippen LogP contribution in [0, 0.1) is 17.8 Å². The highest BCUT2D eigenvalue weighted by atomic mass is 32.2. The maximum Gasteiger partial charge on any atom is 0.233 e. The molecule has 1 saturated carbocycles. The minimum Gasteiger partial charge on any atom is -0.497 e. The first-order chi connectivity index (χ1) is 16.7. The Morgan fingerprint density at radius 3 is 2.46 bits per heavy atom. The van der Waals surface area contributed by atoms with Gasteiger partial charge in [0.25, 0.3) is 0 Å². The molecule has 0 radical (unpaired) electrons. The van der Waals surface area contributed by atoms with Crippen LogP contribution in [-0.2, 0) is 4.79 Å². The second-order valence-electron chi connectivity index (χ2n) is 11.2. The van der Waals surface area contributed by atoms with E-state index in [4.69, 9.17) is 4.74 Å². The van der Waals surface area contributed by atoms with E-state index in [0.29, 0.717) is 17.0 Å². The molecule has 0 N–H and O–H groups in total. The quantitative estimate of drug-likeness (QED) is 0.411. The number of likely N-dealkylation sites (tertiary alicyclic amines) is 1. The van der Waals surface area contributed by atoms with Crippen LogP contribution < -0.4 is 4.74 Å². The Labute approximate surface area is 212 Å². The summed E-state index contributed by atoms with van der Waals surface area (Å²) in [7, 11) is 1.66. The van der Waals surface area contributed by atoms with Gasteiger partial charge in [-0.2, -0.15) is 0 Å². The molecule has 1 aliphatic carbocycles. The van der Waals surface area contributed by atoms with E-state index in [1.165, 1.54) is 23.7 Å². The van der Waals surface area contributed by atoms with Crippen molar-refractivity contribution in [3.63, 3.8) is 0 Å². The lowest BCUT2D eigenvalue weighted by atomic mass is 9.65. The van der Waals surface area contributed by atoms with Crippen LogP contribution in [-0.4, -0.2) is 51.0 Å². The third-order valence-electron chi connectivity index (χ3n) is 7.33. The third kappa shape index (κ3) is 4.83. The van der Waals surface area contributed by atoms with Gasteiger partial charge < -0.3 is 9.64 Å². The molecule has 5 rings (SSSR count). The van der Waals surface area contributed by atoms with Crippen molar-refractivity contribution in [3.8, 4) is 22.8 Å². The zero-order chi connectivity index (χ0) is 24.8. The second kappa shape index (κ2) is 9.01. The van der Waals surface area contributed by atoms with Crippen molar-refractivity contribution in [2.45, 2.75) is 58.2 Å². The number of amides is 1. The Bertz CT molecular complexity index is 1220. The highest BCUT2D eigenvalue weighted by Gasteiger charge is 2.50. The van der Waals surface area contributed by atoms with Gasteiger partial charge in [-0.1, -0.05) is 62.4 Å². The maximum atomic E-state index is 13.4. The lowest BCUT2D eigenvalue weighted by Crippen LogP contribution is -2.38. The van der Waals surface area contributed by atoms with E-state index >= 15 is 0 Å². The number of thioether (sulfide) groups is 1. The van der Waals surface area contributed by atoms with Crippen molar-refractivity contribution in [3.05, 3.63) is 54.1 Å². The van der Waals surface area contributed by atoms with E-state index in [9.17, 15) is 4.79 Å². The summed E-state index contributed by atoms with van der Waals surface area (Å²) in [5.74, 6) is 2.11. The van der Waals surface area contributed by atoms with Gasteiger partial charge in [0, 0.05) is 23.8 Å². The van der Waals surface area contributed by atoms with Gasteiger partial charge in [0.05, 0.1) is 12.9 Å². The summed E-state index contributed by atoms with van der Waals surface area (Å²) < 4.78 is 7.38. The van der Waals surface area contributed by atoms with Crippen LogP contribution in [0.2, 0.25) is 0 Å². The Balaban J connectivity index is 1.41. The summed E-state index contributed by atoms with van der Waals surface area (Å²) in [5.41, 5.74) is 3.64. The molecule has 2 unspecified atom stereocenters. The number of ether oxygens (including phenoxy) is 1. The molecule has 3 aromatic rings. The minimum atomic E-state index is 0.197. The molecule has 2 aliphatic rings. The topological polar surface area (TPSA) is 60.2 Å². The van der Waals surface area contributed by atoms with Crippen LogP contribution in [0.3, 0.4) is 0 Å². The predicted molar refractivity (Wildman–Crippen MR) is 140 cm³/mol. The summed E-state index contributed by atoms with van der Waals surface area (Å²) in [5, 5.41) is 9.75. The Hall–Kier alpha value is -2.80. The normalized spacial score (nSPS) is 22.9. The Kier molecular flexibility index (Phi) is 6.16. The van der Waals surface area contributed by atoms with Crippen molar-refractivity contribution >= 4 is 17.7 Å². The molecule has 2 bridgehead atoms. The van der Waals surface area contributed by atoms with Gasteiger partial charge in [0.15, 0.2) is 11.0 Å². The number of nitrogens with zero attached hydrogens (tertiary/aromatic N) is 4. The number of carbonyl (C=O) groups excluding carboxylic acids is 1. The fourth-order valence-corrected chi connectivity index (χ4v) is 7.02. The number of methoxy groups -OCH3 is 1. The van der Waals surface area contributed by atoms with Crippen molar-refractivity contribution in [1.82, 2.24) is 19.7 Å². The van der Waals surface area contributed by atoms with Gasteiger partial charge >= 0.3 is 0 Å². The van der Waals surface area contributed by atoms with Gasteiger partial charge in [-0.05, 0) is 61.3 Å². The van der Waals surface area contributed by atoms with E-state index in [1.807, 2.05) is 28.8 Å². The van der Waals surface area contributed by atoms with Crippen LogP contribution >= 0.6 is 11.8 Å². The number of hydrogen-bond acceptors (Lipinski definition) is 5. The van der Waals surface area contributed by atoms with Crippen LogP contribution in [0.15, 0.2) is 53.7 Å². The summed E-state index contributed by atoms with van der Waals surface area (Å²) in [4.78, 5) is 15.5. The monoisotopic (exact) mass is 490 g/mol. The summed E-state index contributed by atoms with van der Waals surface area (Å²) >= 11 is 1.47. The largest absolute Gasteiger partial charge is 0.497 e. The van der Waals surface area contributed by atoms with E-state index in [2.05, 4.69) is 67.1 Å². The maximum absolute atomic E-state index is 13.4. The molecule has 2 fully saturated rings. The molecule has 6 nitrogen and oxygen atoms in total. The molecule has 1 aliphatic heterocycles. The van der Waals surface area contributed by atoms with Crippen molar-refractivity contribution in [2.75, 3.05) is 19.4 Å². The summed E-state index contributed by atoms with van der Waals surface area (Å²) in [6.07, 6.45) is 3.38. The van der Waals surface area contributed by atoms with E-state index in [1.54, 1.807) is 7.11 Å². The van der Waals surface area contributed by atoms with Gasteiger partial charge in [-0.3, -0.25) is 9.36 Å². The van der Waals surface area contributed by atoms with E-state index < -0.39 is 0 Å². The molecule has 1 saturated heterocycles. The summed E-state index contributed by atoms with van der Waals surface area (Å²) in [6, 6.07) is 16.5. The standard InChI is InChI=1S/C28H34N4O2S/c1-19-6-8-20(9-7-19)25-29-30-26(32(25)21-10-12-23(34-5)13-11-21)35-16-24(33)31-18-28(4)15-22(31)14-27(2,3)17-28/h6-13,22H,14-18H2,1-5H3. The first kappa shape index (κ1) is 23.9. The molecule has 0 spiro atoms. The zero-order valence-corrected chi connectivity index (χ0v) is 22.1. The molecule has 2 aromatic carbocycles. The molecule has 2 heterocycles. The smallest absolute Gasteiger partial charge is 0.233 e. The molecule has 7 heteroatoms. The van der Waals surface area contributed by atoms with Gasteiger partial charge in [0.2, 0.25) is 5.91 Å². The Morgan fingerprint density at radius 1 is 1.06 bits per heavy atom. The number of aromatic nitrogens is 3. The number of benzene rings is 2. The van der Waals surface area contributed by atoms with Crippen molar-refractivity contribution < 1.29 is 9.53 Å². The number of aryl methyl sites for hydroxylation is 1. The first-order valence-corrected chi connectivity index (χ1v) is 13.2. The van der Waals surface area contributed by atoms with Crippen LogP contribution in [0.25, 0.3) is 17.1 Å². The molecule has 2 atom stereocenters. The SMILES string of the molecule is COc1ccc(-n2c(SCC(=O)N3CC4(C)CC3CC(C)(C)C4)nnc2-c2ccc(C)cc2)cc1. The Morgan fingerprint density at radius 2 is 1.77 bits per heavy atom. The highest BCUT2D eigenvalue weighted by Crippen LogP contribution is 2.52. The minimum absolute atomic E-state index is 0.197. The van der Waals surface area contributed by atoms with Gasteiger partial charge in [0.1, 0.15) is 5.75 Å². The molecule has 184 valence electrons. The number of hydrogen-bond donors (Lipinski definition) is 0.